The van der Waals surface area contributed by atoms with E-state index in [1.807, 2.05) is 156 Å². The number of benzene rings is 9. The first-order valence-corrected chi connectivity index (χ1v) is 26.3. The van der Waals surface area contributed by atoms with Crippen molar-refractivity contribution in [3.8, 4) is 62.1 Å². The van der Waals surface area contributed by atoms with Crippen molar-refractivity contribution in [2.75, 3.05) is 0 Å². The maximum absolute atomic E-state index is 9.66. The number of nitrogens with zero attached hydrogens (tertiary/aromatic N) is 4. The fourth-order valence-electron chi connectivity index (χ4n) is 10.5. The first kappa shape index (κ1) is 41.4. The van der Waals surface area contributed by atoms with Crippen LogP contribution in [0.15, 0.2) is 231 Å². The number of fused-ring (bicyclic) bond motifs is 4. The predicted octanol–water partition coefficient (Wildman–Crippen LogP) is 18.1. The zero-order valence-corrected chi connectivity index (χ0v) is 44.7. The molecule has 0 fully saturated rings. The number of ether oxygens (including phenoxy) is 1. The molecule has 0 bridgehead atoms. The lowest BCUT2D eigenvalue weighted by atomic mass is 9.78. The zero-order valence-electron chi connectivity index (χ0n) is 51.7. The summed E-state index contributed by atoms with van der Waals surface area (Å²) in [5.41, 5.74) is 11.5. The first-order chi connectivity index (χ1) is 40.0. The van der Waals surface area contributed by atoms with Gasteiger partial charge in [-0.25, -0.2) is 4.98 Å². The van der Waals surface area contributed by atoms with Gasteiger partial charge in [0, 0.05) is 25.8 Å². The van der Waals surface area contributed by atoms with E-state index < -0.39 is 29.9 Å². The molecule has 9 aromatic carbocycles. The highest BCUT2D eigenvalue weighted by Gasteiger charge is 2.26. The minimum atomic E-state index is -1.78. The van der Waals surface area contributed by atoms with Crippen molar-refractivity contribution in [1.29, 1.82) is 0 Å². The van der Waals surface area contributed by atoms with E-state index >= 15 is 0 Å². The number of hydrogen-bond donors (Lipinski definition) is 0. The molecule has 3 heterocycles. The van der Waals surface area contributed by atoms with E-state index in [9.17, 15) is 5.48 Å². The Bertz CT molecular complexity index is 4490. The summed E-state index contributed by atoms with van der Waals surface area (Å²) in [5.74, 6) is 1.71. The number of pyridine rings is 1. The van der Waals surface area contributed by atoms with Gasteiger partial charge in [-0.05, 0) is 133 Å². The molecule has 12 aromatic rings. The van der Waals surface area contributed by atoms with Crippen LogP contribution in [0.25, 0.3) is 83.4 Å². The van der Waals surface area contributed by atoms with Crippen LogP contribution in [-0.2, 0) is 22.6 Å². The van der Waals surface area contributed by atoms with Crippen molar-refractivity contribution in [3.63, 3.8) is 0 Å². The Morgan fingerprint density at radius 1 is 0.519 bits per heavy atom. The van der Waals surface area contributed by atoms with E-state index in [-0.39, 0.29) is 28.5 Å². The van der Waals surface area contributed by atoms with Crippen molar-refractivity contribution in [1.82, 2.24) is 14.1 Å². The van der Waals surface area contributed by atoms with E-state index in [1.54, 1.807) is 12.3 Å². The molecule has 0 aliphatic carbocycles. The number of hydrogen-bond acceptors (Lipinski definition) is 2. The molecule has 0 atom stereocenters. The smallest absolute Gasteiger partial charge is 0.269 e. The van der Waals surface area contributed by atoms with Gasteiger partial charge in [-0.3, -0.25) is 13.7 Å². The third kappa shape index (κ3) is 9.52. The summed E-state index contributed by atoms with van der Waals surface area (Å²) in [6.07, 6.45) is 3.62. The molecule has 5 nitrogen and oxygen atoms in total. The van der Waals surface area contributed by atoms with Gasteiger partial charge >= 0.3 is 0 Å². The minimum absolute atomic E-state index is 0.0954. The SMILES string of the molecule is [2H]c1c([2H])c([2H])c(-c2cccc(-c3cc(C(C)(C)C)cc(C(C)(C)C)c3)c2-[n+]2[c-]n(-c3cccc(Oc4ccc5c6cc(-c7ccccc7)ccc6n(-c6cc(C([2H])([2H])C(C)(C)c7ccccc7)ccn6)c5c4)c3)c3ccccc32)c([2H])c1[2H]. The first-order valence-electron chi connectivity index (χ1n) is 29.8. The molecular formula is C72H64N4O. The van der Waals surface area contributed by atoms with Crippen molar-refractivity contribution in [2.45, 2.75) is 78.0 Å². The Morgan fingerprint density at radius 2 is 1.19 bits per heavy atom. The largest absolute Gasteiger partial charge is 0.458 e. The molecule has 77 heavy (non-hydrogen) atoms. The predicted molar refractivity (Wildman–Crippen MR) is 319 cm³/mol. The van der Waals surface area contributed by atoms with Gasteiger partial charge in [-0.15, -0.1) is 0 Å². The van der Waals surface area contributed by atoms with Gasteiger partial charge in [0.25, 0.3) is 6.33 Å². The van der Waals surface area contributed by atoms with Crippen molar-refractivity contribution < 1.29 is 18.9 Å². The highest BCUT2D eigenvalue weighted by atomic mass is 16.5. The van der Waals surface area contributed by atoms with Crippen LogP contribution in [0.4, 0.5) is 0 Å². The number of rotatable bonds is 11. The molecule has 0 unspecified atom stereocenters. The van der Waals surface area contributed by atoms with E-state index in [2.05, 4.69) is 107 Å². The molecule has 3 aromatic heterocycles. The molecule has 0 saturated heterocycles. The highest BCUT2D eigenvalue weighted by molar-refractivity contribution is 6.10. The van der Waals surface area contributed by atoms with Gasteiger partial charge in [0.1, 0.15) is 17.3 Å². The molecule has 0 saturated carbocycles. The molecule has 0 radical (unpaired) electrons. The van der Waals surface area contributed by atoms with Crippen LogP contribution in [0, 0.1) is 6.33 Å². The van der Waals surface area contributed by atoms with Crippen LogP contribution >= 0.6 is 0 Å². The quantitative estimate of drug-likeness (QED) is 0.0956. The maximum Gasteiger partial charge on any atom is 0.269 e. The standard InChI is InChI=1S/C72H64N4O/c1-70(2,3)55-41-53(42-56(44-55)71(4,5)6)61-31-21-30-60(51-24-14-10-15-25-51)69(61)75-48-74(65-32-18-19-33-66(65)75)57-28-20-29-58(45-57)77-59-35-36-62-63-43-52(50-22-12-9-13-23-50)34-37-64(63)76(67(62)46-59)68-40-49(38-39-73-68)47-72(7,8)54-26-16-11-17-27-54/h9-46H,47H2,1-8H3/i10D,14D,15D,24D,25D,47D2. The van der Waals surface area contributed by atoms with Gasteiger partial charge in [0.2, 0.25) is 0 Å². The molecule has 0 amide bonds. The minimum Gasteiger partial charge on any atom is -0.458 e. The fourth-order valence-corrected chi connectivity index (χ4v) is 10.5. The van der Waals surface area contributed by atoms with Crippen molar-refractivity contribution >= 4 is 32.8 Å². The summed E-state index contributed by atoms with van der Waals surface area (Å²) in [6, 6.07) is 62.6. The van der Waals surface area contributed by atoms with Gasteiger partial charge in [0.05, 0.1) is 40.3 Å². The summed E-state index contributed by atoms with van der Waals surface area (Å²) >= 11 is 0. The van der Waals surface area contributed by atoms with Crippen LogP contribution < -0.4 is 9.30 Å². The number of para-hydroxylation sites is 3. The van der Waals surface area contributed by atoms with Crippen molar-refractivity contribution in [3.05, 3.63) is 259 Å². The van der Waals surface area contributed by atoms with E-state index in [1.165, 1.54) is 0 Å². The molecular weight excluding hydrogens is 937 g/mol. The number of aromatic nitrogens is 4. The lowest BCUT2D eigenvalue weighted by Gasteiger charge is -2.27. The number of imidazole rings is 1. The Kier molecular flexibility index (Phi) is 10.4. The summed E-state index contributed by atoms with van der Waals surface area (Å²) in [4.78, 5) is 4.93. The third-order valence-electron chi connectivity index (χ3n) is 14.7. The zero-order chi connectivity index (χ0) is 59.2. The van der Waals surface area contributed by atoms with Crippen LogP contribution in [0.2, 0.25) is 0 Å². The Balaban J connectivity index is 1.00. The van der Waals surface area contributed by atoms with Crippen LogP contribution in [0.3, 0.4) is 0 Å². The average Bonchev–Trinajstić information content (AvgIpc) is 1.90. The Morgan fingerprint density at radius 3 is 1.94 bits per heavy atom. The molecule has 0 aliphatic heterocycles. The van der Waals surface area contributed by atoms with Crippen LogP contribution in [0.1, 0.15) is 87.2 Å². The molecule has 378 valence electrons. The molecule has 0 N–H and O–H groups in total. The summed E-state index contributed by atoms with van der Waals surface area (Å²) in [5, 5.41) is 1.99. The van der Waals surface area contributed by atoms with Gasteiger partial charge in [-0.1, -0.05) is 219 Å². The summed E-state index contributed by atoms with van der Waals surface area (Å²) in [7, 11) is 0. The second kappa shape index (κ2) is 19.4. The third-order valence-corrected chi connectivity index (χ3v) is 14.7. The second-order valence-electron chi connectivity index (χ2n) is 22.5. The highest BCUT2D eigenvalue weighted by Crippen LogP contribution is 2.41. The van der Waals surface area contributed by atoms with E-state index in [4.69, 9.17) is 13.8 Å². The summed E-state index contributed by atoms with van der Waals surface area (Å²) in [6.45, 7) is 17.1. The lowest BCUT2D eigenvalue weighted by molar-refractivity contribution is -0.571. The summed E-state index contributed by atoms with van der Waals surface area (Å²) < 4.78 is 76.9. The lowest BCUT2D eigenvalue weighted by Crippen LogP contribution is -2.31. The van der Waals surface area contributed by atoms with Crippen molar-refractivity contribution in [2.24, 2.45) is 0 Å². The Labute approximate surface area is 463 Å². The Hall–Kier alpha value is -8.80. The monoisotopic (exact) mass is 1010 g/mol. The molecule has 5 heteroatoms. The fraction of sp³-hybridized carbons (Fsp3) is 0.167. The van der Waals surface area contributed by atoms with Gasteiger partial charge < -0.3 is 4.74 Å². The van der Waals surface area contributed by atoms with Crippen LogP contribution in [0.5, 0.6) is 11.5 Å². The molecule has 0 spiro atoms. The normalized spacial score (nSPS) is 13.7. The second-order valence-corrected chi connectivity index (χ2v) is 22.5. The van der Waals surface area contributed by atoms with Gasteiger partial charge in [0.15, 0.2) is 0 Å². The maximum atomic E-state index is 9.66. The molecule has 0 aliphatic rings. The molecule has 12 rings (SSSR count). The van der Waals surface area contributed by atoms with Gasteiger partial charge in [-0.2, -0.15) is 0 Å². The topological polar surface area (TPSA) is 35.9 Å². The van der Waals surface area contributed by atoms with E-state index in [0.717, 1.165) is 77.5 Å². The average molecular weight is 1010 g/mol. The van der Waals surface area contributed by atoms with E-state index in [0.29, 0.717) is 34.1 Å². The van der Waals surface area contributed by atoms with Crippen LogP contribution in [-0.4, -0.2) is 14.1 Å².